The van der Waals surface area contributed by atoms with Gasteiger partial charge in [0, 0.05) is 6.42 Å². The Balaban J connectivity index is 4.27. The van der Waals surface area contributed by atoms with Crippen LogP contribution in [-0.4, -0.2) is 54.1 Å². The molecule has 9 heteroatoms. The van der Waals surface area contributed by atoms with Crippen LogP contribution in [0.25, 0.3) is 0 Å². The standard InChI is InChI=1S/C12H21N3O6/c1-6(10(17)15-7(2)12(19)20)14-11(18)8(13)4-5-9(16)21-3/h6-8H,4-5,13H2,1-3H3,(H,14,18)(H,15,17)(H,19,20)/t6-,7-,8-/m0/s1. The predicted molar refractivity (Wildman–Crippen MR) is 72.1 cm³/mol. The molecule has 21 heavy (non-hydrogen) atoms. The molecule has 3 atom stereocenters. The lowest BCUT2D eigenvalue weighted by Crippen LogP contribution is -2.52. The normalized spacial score (nSPS) is 14.5. The Kier molecular flexibility index (Phi) is 7.99. The van der Waals surface area contributed by atoms with Gasteiger partial charge in [-0.15, -0.1) is 0 Å². The van der Waals surface area contributed by atoms with Gasteiger partial charge in [-0.2, -0.15) is 0 Å². The lowest BCUT2D eigenvalue weighted by Gasteiger charge is -2.18. The smallest absolute Gasteiger partial charge is 0.325 e. The van der Waals surface area contributed by atoms with Crippen molar-refractivity contribution in [2.45, 2.75) is 44.8 Å². The Labute approximate surface area is 122 Å². The van der Waals surface area contributed by atoms with E-state index < -0.39 is 41.9 Å². The topological polar surface area (TPSA) is 148 Å². The van der Waals surface area contributed by atoms with Gasteiger partial charge in [-0.25, -0.2) is 0 Å². The van der Waals surface area contributed by atoms with Gasteiger partial charge in [0.05, 0.1) is 13.2 Å². The van der Waals surface area contributed by atoms with E-state index in [4.69, 9.17) is 10.8 Å². The van der Waals surface area contributed by atoms with E-state index in [-0.39, 0.29) is 12.8 Å². The molecule has 0 rings (SSSR count). The molecule has 0 aliphatic carbocycles. The van der Waals surface area contributed by atoms with Crippen molar-refractivity contribution in [3.8, 4) is 0 Å². The molecule has 0 aromatic heterocycles. The average molecular weight is 303 g/mol. The number of amides is 2. The van der Waals surface area contributed by atoms with Crippen molar-refractivity contribution in [2.24, 2.45) is 5.73 Å². The van der Waals surface area contributed by atoms with Gasteiger partial charge in [0.15, 0.2) is 0 Å². The molecule has 0 spiro atoms. The largest absolute Gasteiger partial charge is 0.480 e. The zero-order chi connectivity index (χ0) is 16.6. The minimum absolute atomic E-state index is 0.0122. The number of nitrogens with one attached hydrogen (secondary N) is 2. The predicted octanol–water partition coefficient (Wildman–Crippen LogP) is -1.64. The third-order valence-electron chi connectivity index (χ3n) is 2.71. The molecule has 9 nitrogen and oxygen atoms in total. The van der Waals surface area contributed by atoms with E-state index in [9.17, 15) is 19.2 Å². The molecule has 0 saturated heterocycles. The maximum atomic E-state index is 11.7. The highest BCUT2D eigenvalue weighted by atomic mass is 16.5. The van der Waals surface area contributed by atoms with Gasteiger partial charge in [-0.1, -0.05) is 0 Å². The van der Waals surface area contributed by atoms with Crippen LogP contribution >= 0.6 is 0 Å². The van der Waals surface area contributed by atoms with Crippen molar-refractivity contribution in [1.82, 2.24) is 10.6 Å². The highest BCUT2D eigenvalue weighted by Gasteiger charge is 2.23. The zero-order valence-corrected chi connectivity index (χ0v) is 12.2. The molecule has 0 bridgehead atoms. The lowest BCUT2D eigenvalue weighted by atomic mass is 10.1. The molecule has 0 aliphatic heterocycles. The Morgan fingerprint density at radius 2 is 1.62 bits per heavy atom. The summed E-state index contributed by atoms with van der Waals surface area (Å²) < 4.78 is 4.42. The Morgan fingerprint density at radius 3 is 2.10 bits per heavy atom. The van der Waals surface area contributed by atoms with E-state index in [1.165, 1.54) is 21.0 Å². The van der Waals surface area contributed by atoms with Crippen LogP contribution in [0.4, 0.5) is 0 Å². The number of carboxylic acid groups (broad SMARTS) is 1. The summed E-state index contributed by atoms with van der Waals surface area (Å²) in [5, 5.41) is 13.2. The number of nitrogens with two attached hydrogens (primary N) is 1. The fourth-order valence-electron chi connectivity index (χ4n) is 1.29. The van der Waals surface area contributed by atoms with Crippen LogP contribution in [0.15, 0.2) is 0 Å². The quantitative estimate of drug-likeness (QED) is 0.393. The molecule has 0 aliphatic rings. The summed E-state index contributed by atoms with van der Waals surface area (Å²) in [7, 11) is 1.23. The third-order valence-corrected chi connectivity index (χ3v) is 2.71. The molecule has 2 amide bonds. The first-order valence-electron chi connectivity index (χ1n) is 6.35. The number of methoxy groups -OCH3 is 1. The fraction of sp³-hybridized carbons (Fsp3) is 0.667. The fourth-order valence-corrected chi connectivity index (χ4v) is 1.29. The van der Waals surface area contributed by atoms with Crippen molar-refractivity contribution in [1.29, 1.82) is 0 Å². The molecular formula is C12H21N3O6. The van der Waals surface area contributed by atoms with Crippen molar-refractivity contribution in [3.63, 3.8) is 0 Å². The molecule has 0 saturated carbocycles. The van der Waals surface area contributed by atoms with E-state index in [0.29, 0.717) is 0 Å². The first-order chi connectivity index (χ1) is 9.68. The summed E-state index contributed by atoms with van der Waals surface area (Å²) >= 11 is 0. The van der Waals surface area contributed by atoms with E-state index in [0.717, 1.165) is 0 Å². The number of rotatable bonds is 8. The van der Waals surface area contributed by atoms with Crippen molar-refractivity contribution >= 4 is 23.8 Å². The van der Waals surface area contributed by atoms with Crippen LogP contribution in [0.5, 0.6) is 0 Å². The first kappa shape index (κ1) is 18.8. The summed E-state index contributed by atoms with van der Waals surface area (Å²) in [5.41, 5.74) is 5.57. The summed E-state index contributed by atoms with van der Waals surface area (Å²) in [6.07, 6.45) is 0.0695. The average Bonchev–Trinajstić information content (AvgIpc) is 2.43. The molecular weight excluding hydrogens is 282 g/mol. The van der Waals surface area contributed by atoms with Crippen LogP contribution < -0.4 is 16.4 Å². The van der Waals surface area contributed by atoms with Crippen LogP contribution in [0.1, 0.15) is 26.7 Å². The Morgan fingerprint density at radius 1 is 1.10 bits per heavy atom. The van der Waals surface area contributed by atoms with Crippen molar-refractivity contribution in [2.75, 3.05) is 7.11 Å². The second-order valence-corrected chi connectivity index (χ2v) is 4.52. The van der Waals surface area contributed by atoms with E-state index in [2.05, 4.69) is 15.4 Å². The van der Waals surface area contributed by atoms with Gasteiger partial charge >= 0.3 is 11.9 Å². The number of carbonyl (C=O) groups is 4. The second-order valence-electron chi connectivity index (χ2n) is 4.52. The lowest BCUT2D eigenvalue weighted by molar-refractivity contribution is -0.141. The van der Waals surface area contributed by atoms with Gasteiger partial charge in [0.1, 0.15) is 12.1 Å². The molecule has 0 aromatic carbocycles. The summed E-state index contributed by atoms with van der Waals surface area (Å²) in [6.45, 7) is 2.70. The van der Waals surface area contributed by atoms with Gasteiger partial charge in [0.2, 0.25) is 11.8 Å². The van der Waals surface area contributed by atoms with Crippen LogP contribution in [0.2, 0.25) is 0 Å². The minimum Gasteiger partial charge on any atom is -0.480 e. The summed E-state index contributed by atoms with van der Waals surface area (Å²) in [4.78, 5) is 44.8. The molecule has 0 fully saturated rings. The summed E-state index contributed by atoms with van der Waals surface area (Å²) in [5.74, 6) is -2.92. The number of hydrogen-bond acceptors (Lipinski definition) is 6. The zero-order valence-electron chi connectivity index (χ0n) is 12.2. The SMILES string of the molecule is COC(=O)CC[C@H](N)C(=O)N[C@@H](C)C(=O)N[C@@H](C)C(=O)O. The molecule has 120 valence electrons. The Bertz CT molecular complexity index is 412. The molecule has 0 radical (unpaired) electrons. The van der Waals surface area contributed by atoms with Gasteiger partial charge in [-0.05, 0) is 20.3 Å². The second kappa shape index (κ2) is 8.90. The van der Waals surface area contributed by atoms with E-state index in [1.54, 1.807) is 0 Å². The number of esters is 1. The number of aliphatic carboxylic acids is 1. The third kappa shape index (κ3) is 7.25. The van der Waals surface area contributed by atoms with Crippen LogP contribution in [0.3, 0.4) is 0 Å². The maximum Gasteiger partial charge on any atom is 0.325 e. The monoisotopic (exact) mass is 303 g/mol. The first-order valence-corrected chi connectivity index (χ1v) is 6.35. The molecule has 5 N–H and O–H groups in total. The van der Waals surface area contributed by atoms with Crippen LogP contribution in [0, 0.1) is 0 Å². The van der Waals surface area contributed by atoms with Gasteiger partial charge < -0.3 is 26.2 Å². The van der Waals surface area contributed by atoms with Gasteiger partial charge in [-0.3, -0.25) is 19.2 Å². The van der Waals surface area contributed by atoms with Crippen molar-refractivity contribution < 1.29 is 29.0 Å². The molecule has 0 aromatic rings. The minimum atomic E-state index is -1.18. The highest BCUT2D eigenvalue weighted by Crippen LogP contribution is 1.98. The Hall–Kier alpha value is -2.16. The number of carboxylic acids is 1. The van der Waals surface area contributed by atoms with Crippen molar-refractivity contribution in [3.05, 3.63) is 0 Å². The van der Waals surface area contributed by atoms with E-state index >= 15 is 0 Å². The highest BCUT2D eigenvalue weighted by molar-refractivity contribution is 5.91. The van der Waals surface area contributed by atoms with Crippen LogP contribution in [-0.2, 0) is 23.9 Å². The maximum absolute atomic E-state index is 11.7. The number of hydrogen-bond donors (Lipinski definition) is 4. The van der Waals surface area contributed by atoms with E-state index in [1.807, 2.05) is 0 Å². The number of carbonyl (C=O) groups excluding carboxylic acids is 3. The summed E-state index contributed by atoms with van der Waals surface area (Å²) in [6, 6.07) is -2.97. The number of ether oxygens (including phenoxy) is 1. The van der Waals surface area contributed by atoms with Gasteiger partial charge in [0.25, 0.3) is 0 Å². The molecule has 0 unspecified atom stereocenters. The molecule has 0 heterocycles.